The van der Waals surface area contributed by atoms with Crippen molar-refractivity contribution >= 4 is 29.6 Å². The largest absolute Gasteiger partial charge is 0.469 e. The minimum absolute atomic E-state index is 0.0227. The van der Waals surface area contributed by atoms with Crippen LogP contribution in [-0.4, -0.2) is 78.1 Å². The maximum absolute atomic E-state index is 13.7. The van der Waals surface area contributed by atoms with E-state index in [-0.39, 0.29) is 36.1 Å². The van der Waals surface area contributed by atoms with Crippen molar-refractivity contribution in [1.82, 2.24) is 9.62 Å². The van der Waals surface area contributed by atoms with Crippen LogP contribution in [-0.2, 0) is 35.0 Å². The molecule has 1 saturated heterocycles. The molecule has 0 bridgehead atoms. The summed E-state index contributed by atoms with van der Waals surface area (Å²) in [6, 6.07) is 11.8. The zero-order valence-electron chi connectivity index (χ0n) is 22.6. The maximum atomic E-state index is 13.7. The van der Waals surface area contributed by atoms with Crippen LogP contribution in [0.5, 0.6) is 0 Å². The molecule has 1 amide bonds. The molecule has 0 spiro atoms. The minimum atomic E-state index is -5.19. The fraction of sp³-hybridized carbons (Fsp3) is 0.480. The van der Waals surface area contributed by atoms with Crippen LogP contribution in [0.15, 0.2) is 59.5 Å². The third kappa shape index (κ3) is 10.1. The average molecular weight is 616 g/mol. The number of nitro benzene ring substituents is 1. The van der Waals surface area contributed by atoms with Gasteiger partial charge < -0.3 is 24.6 Å². The third-order valence-electron chi connectivity index (χ3n) is 6.12. The molecule has 41 heavy (non-hydrogen) atoms. The summed E-state index contributed by atoms with van der Waals surface area (Å²) in [4.78, 5) is 42.5. The van der Waals surface area contributed by atoms with Gasteiger partial charge in [0.2, 0.25) is 10.0 Å². The lowest BCUT2D eigenvalue weighted by Crippen LogP contribution is -2.52. The number of hydrogen-bond donors (Lipinski definition) is 3. The second-order valence-corrected chi connectivity index (χ2v) is 13.1. The molecule has 0 aliphatic carbocycles. The first-order valence-electron chi connectivity index (χ1n) is 12.8. The van der Waals surface area contributed by atoms with E-state index in [0.29, 0.717) is 18.6 Å². The summed E-state index contributed by atoms with van der Waals surface area (Å²) in [6.07, 6.45) is -2.41. The van der Waals surface area contributed by atoms with E-state index < -0.39 is 53.7 Å². The Morgan fingerprint density at radius 3 is 2.37 bits per heavy atom. The SMILES string of the molecule is CC(C)CN(C[C@H](OP(=O)(O)O)[C@H](Cc1ccccc1)NC(=O)O[C@@H]1CCOC1)S(=O)(=O)c1ccc([N+](=O)[O-])cc1. The van der Waals surface area contributed by atoms with Crippen molar-refractivity contribution in [2.75, 3.05) is 26.3 Å². The molecule has 0 radical (unpaired) electrons. The maximum Gasteiger partial charge on any atom is 0.469 e. The molecule has 3 rings (SSSR count). The van der Waals surface area contributed by atoms with Crippen LogP contribution in [0.25, 0.3) is 0 Å². The van der Waals surface area contributed by atoms with Crippen LogP contribution in [0.1, 0.15) is 25.8 Å². The van der Waals surface area contributed by atoms with Crippen molar-refractivity contribution in [1.29, 1.82) is 0 Å². The highest BCUT2D eigenvalue weighted by Crippen LogP contribution is 2.39. The van der Waals surface area contributed by atoms with Gasteiger partial charge in [0.25, 0.3) is 5.69 Å². The number of hydrogen-bond acceptors (Lipinski definition) is 9. The van der Waals surface area contributed by atoms with Crippen LogP contribution in [0.2, 0.25) is 0 Å². The molecule has 226 valence electrons. The highest BCUT2D eigenvalue weighted by atomic mass is 32.2. The van der Waals surface area contributed by atoms with Crippen molar-refractivity contribution in [3.05, 3.63) is 70.3 Å². The number of nitrogens with one attached hydrogen (secondary N) is 1. The molecule has 0 aromatic heterocycles. The van der Waals surface area contributed by atoms with Crippen LogP contribution >= 0.6 is 7.82 Å². The van der Waals surface area contributed by atoms with Gasteiger partial charge in [-0.3, -0.25) is 14.6 Å². The molecule has 2 aromatic rings. The lowest BCUT2D eigenvalue weighted by molar-refractivity contribution is -0.384. The molecule has 1 fully saturated rings. The Morgan fingerprint density at radius 1 is 1.17 bits per heavy atom. The molecule has 0 unspecified atom stereocenters. The van der Waals surface area contributed by atoms with E-state index in [0.717, 1.165) is 28.6 Å². The van der Waals surface area contributed by atoms with E-state index in [2.05, 4.69) is 5.32 Å². The first-order valence-corrected chi connectivity index (χ1v) is 15.8. The van der Waals surface area contributed by atoms with Gasteiger partial charge >= 0.3 is 13.9 Å². The number of sulfonamides is 1. The summed E-state index contributed by atoms with van der Waals surface area (Å²) >= 11 is 0. The number of phosphoric acid groups is 1. The van der Waals surface area contributed by atoms with E-state index in [1.807, 2.05) is 0 Å². The van der Waals surface area contributed by atoms with Gasteiger partial charge in [0, 0.05) is 31.6 Å². The Kier molecular flexibility index (Phi) is 11.4. The number of nitro groups is 1. The lowest BCUT2D eigenvalue weighted by Gasteiger charge is -2.33. The summed E-state index contributed by atoms with van der Waals surface area (Å²) in [5.74, 6) is -0.230. The number of carbonyl (C=O) groups excluding carboxylic acids is 1. The van der Waals surface area contributed by atoms with Gasteiger partial charge in [-0.25, -0.2) is 17.8 Å². The number of alkyl carbamates (subject to hydrolysis) is 1. The molecule has 3 atom stereocenters. The zero-order valence-corrected chi connectivity index (χ0v) is 24.3. The molecule has 1 heterocycles. The number of phosphoric ester groups is 1. The van der Waals surface area contributed by atoms with Crippen molar-refractivity contribution in [3.63, 3.8) is 0 Å². The minimum Gasteiger partial charge on any atom is -0.444 e. The van der Waals surface area contributed by atoms with Gasteiger partial charge in [-0.05, 0) is 30.0 Å². The van der Waals surface area contributed by atoms with Crippen molar-refractivity contribution in [2.24, 2.45) is 5.92 Å². The highest BCUT2D eigenvalue weighted by Gasteiger charge is 2.37. The van der Waals surface area contributed by atoms with Crippen LogP contribution < -0.4 is 5.32 Å². The van der Waals surface area contributed by atoms with E-state index in [1.54, 1.807) is 44.2 Å². The predicted molar refractivity (Wildman–Crippen MR) is 146 cm³/mol. The summed E-state index contributed by atoms with van der Waals surface area (Å²) in [5.41, 5.74) is 0.371. The van der Waals surface area contributed by atoms with Gasteiger partial charge in [-0.1, -0.05) is 44.2 Å². The quantitative estimate of drug-likeness (QED) is 0.161. The average Bonchev–Trinajstić information content (AvgIpc) is 3.40. The standard InChI is InChI=1S/C25H34N3O11PS/c1-18(2)15-27(41(35,36)22-10-8-20(9-11-22)28(30)31)16-24(39-40(32,33)34)23(14-19-6-4-3-5-7-19)26-25(29)38-21-12-13-37-17-21/h3-11,18,21,23-24H,12-17H2,1-2H3,(H,26,29)(H2,32,33,34)/t21-,23+,24+/m1/s1. The first kappa shape index (κ1) is 32.6. The number of ether oxygens (including phenoxy) is 2. The van der Waals surface area contributed by atoms with Gasteiger partial charge in [0.1, 0.15) is 12.2 Å². The number of benzene rings is 2. The van der Waals surface area contributed by atoms with Crippen LogP contribution in [0.3, 0.4) is 0 Å². The molecule has 14 nitrogen and oxygen atoms in total. The van der Waals surface area contributed by atoms with E-state index in [4.69, 9.17) is 14.0 Å². The van der Waals surface area contributed by atoms with Gasteiger partial charge in [-0.15, -0.1) is 0 Å². The monoisotopic (exact) mass is 615 g/mol. The van der Waals surface area contributed by atoms with E-state index >= 15 is 0 Å². The summed E-state index contributed by atoms with van der Waals surface area (Å²) < 4.78 is 56.1. The molecular weight excluding hydrogens is 581 g/mol. The smallest absolute Gasteiger partial charge is 0.444 e. The Hall–Kier alpha value is -2.91. The summed E-state index contributed by atoms with van der Waals surface area (Å²) in [5, 5.41) is 13.6. The van der Waals surface area contributed by atoms with Gasteiger partial charge in [0.05, 0.1) is 29.1 Å². The normalized spacial score (nSPS) is 17.4. The topological polar surface area (TPSA) is 195 Å². The molecular formula is C25H34N3O11PS. The van der Waals surface area contributed by atoms with Crippen molar-refractivity contribution in [3.8, 4) is 0 Å². The Labute approximate surface area is 238 Å². The van der Waals surface area contributed by atoms with Crippen molar-refractivity contribution in [2.45, 2.75) is 49.8 Å². The fourth-order valence-corrected chi connectivity index (χ4v) is 6.45. The van der Waals surface area contributed by atoms with Crippen LogP contribution in [0.4, 0.5) is 10.5 Å². The highest BCUT2D eigenvalue weighted by molar-refractivity contribution is 7.89. The lowest BCUT2D eigenvalue weighted by atomic mass is 10.0. The Balaban J connectivity index is 1.97. The van der Waals surface area contributed by atoms with Gasteiger partial charge in [-0.2, -0.15) is 4.31 Å². The van der Waals surface area contributed by atoms with E-state index in [9.17, 15) is 37.7 Å². The zero-order chi connectivity index (χ0) is 30.2. The number of carbonyl (C=O) groups is 1. The summed E-state index contributed by atoms with van der Waals surface area (Å²) in [6.45, 7) is 3.47. The number of amides is 1. The molecule has 1 aliphatic heterocycles. The van der Waals surface area contributed by atoms with Gasteiger partial charge in [0.15, 0.2) is 0 Å². The Bertz CT molecular complexity index is 1310. The molecule has 16 heteroatoms. The van der Waals surface area contributed by atoms with Crippen LogP contribution in [0, 0.1) is 16.0 Å². The third-order valence-corrected chi connectivity index (χ3v) is 8.51. The summed E-state index contributed by atoms with van der Waals surface area (Å²) in [7, 11) is -9.52. The predicted octanol–water partition coefficient (Wildman–Crippen LogP) is 2.85. The number of rotatable bonds is 14. The van der Waals surface area contributed by atoms with E-state index in [1.165, 1.54) is 0 Å². The number of non-ortho nitro benzene ring substituents is 1. The molecule has 0 saturated carbocycles. The second-order valence-electron chi connectivity index (χ2n) is 9.93. The molecule has 2 aromatic carbocycles. The fourth-order valence-electron chi connectivity index (χ4n) is 4.26. The first-order chi connectivity index (χ1) is 19.2. The number of nitrogens with zero attached hydrogens (tertiary/aromatic N) is 2. The molecule has 3 N–H and O–H groups in total. The van der Waals surface area contributed by atoms with Crippen molar-refractivity contribution < 1.29 is 46.5 Å². The second kappa shape index (κ2) is 14.3. The Morgan fingerprint density at radius 2 is 1.83 bits per heavy atom. The molecule has 1 aliphatic rings.